The molecule has 2 unspecified atom stereocenters. The normalized spacial score (nSPS) is 21.4. The Morgan fingerprint density at radius 1 is 1.21 bits per heavy atom. The Kier molecular flexibility index (Phi) is 5.90. The standard InChI is InChI=1S/C24H25N3O6/c1-14-12-17-13-16(6-9-19(17)33-14)22(28)20-21(15-4-7-18(8-5-15)27(31)32)26(11-10-25(2)3)24(30)23(20)29/h4-9,13-14,21,28H,10-12H2,1-3H3. The molecule has 2 aromatic carbocycles. The Bertz CT molecular complexity index is 1160. The smallest absolute Gasteiger partial charge is 0.295 e. The van der Waals surface area contributed by atoms with Crippen molar-refractivity contribution in [1.82, 2.24) is 9.80 Å². The molecule has 172 valence electrons. The van der Waals surface area contributed by atoms with E-state index in [9.17, 15) is 24.8 Å². The summed E-state index contributed by atoms with van der Waals surface area (Å²) in [5.74, 6) is -1.02. The van der Waals surface area contributed by atoms with Crippen molar-refractivity contribution in [1.29, 1.82) is 0 Å². The number of amides is 1. The van der Waals surface area contributed by atoms with Gasteiger partial charge >= 0.3 is 0 Å². The molecule has 2 heterocycles. The molecular weight excluding hydrogens is 426 g/mol. The summed E-state index contributed by atoms with van der Waals surface area (Å²) in [6.45, 7) is 2.71. The average Bonchev–Trinajstić information content (AvgIpc) is 3.27. The van der Waals surface area contributed by atoms with Crippen LogP contribution in [0.25, 0.3) is 5.76 Å². The van der Waals surface area contributed by atoms with E-state index in [2.05, 4.69) is 0 Å². The minimum absolute atomic E-state index is 0.0223. The van der Waals surface area contributed by atoms with Crippen LogP contribution in [0.5, 0.6) is 5.75 Å². The van der Waals surface area contributed by atoms with E-state index in [1.807, 2.05) is 25.9 Å². The first-order chi connectivity index (χ1) is 15.7. The topological polar surface area (TPSA) is 113 Å². The molecule has 0 aromatic heterocycles. The first-order valence-electron chi connectivity index (χ1n) is 10.6. The molecule has 1 N–H and O–H groups in total. The van der Waals surface area contributed by atoms with Gasteiger partial charge in [-0.2, -0.15) is 0 Å². The first-order valence-corrected chi connectivity index (χ1v) is 10.6. The molecule has 0 bridgehead atoms. The second kappa shape index (κ2) is 8.67. The molecule has 0 saturated carbocycles. The quantitative estimate of drug-likeness (QED) is 0.236. The minimum atomic E-state index is -0.853. The average molecular weight is 451 g/mol. The number of rotatable bonds is 6. The van der Waals surface area contributed by atoms with E-state index in [0.29, 0.717) is 24.1 Å². The maximum absolute atomic E-state index is 13.1. The second-order valence-corrected chi connectivity index (χ2v) is 8.60. The van der Waals surface area contributed by atoms with Gasteiger partial charge in [-0.3, -0.25) is 19.7 Å². The summed E-state index contributed by atoms with van der Waals surface area (Å²) < 4.78 is 5.71. The van der Waals surface area contributed by atoms with E-state index in [-0.39, 0.29) is 29.7 Å². The predicted octanol–water partition coefficient (Wildman–Crippen LogP) is 2.90. The molecule has 9 heteroatoms. The highest BCUT2D eigenvalue weighted by Crippen LogP contribution is 2.40. The fraction of sp³-hybridized carbons (Fsp3) is 0.333. The van der Waals surface area contributed by atoms with E-state index in [4.69, 9.17) is 4.74 Å². The van der Waals surface area contributed by atoms with E-state index in [1.54, 1.807) is 18.2 Å². The van der Waals surface area contributed by atoms with Crippen molar-refractivity contribution >= 4 is 23.1 Å². The third-order valence-corrected chi connectivity index (χ3v) is 5.92. The van der Waals surface area contributed by atoms with Gasteiger partial charge in [0.05, 0.1) is 16.5 Å². The number of benzene rings is 2. The lowest BCUT2D eigenvalue weighted by atomic mass is 9.94. The summed E-state index contributed by atoms with van der Waals surface area (Å²) in [7, 11) is 3.70. The summed E-state index contributed by atoms with van der Waals surface area (Å²) in [6, 6.07) is 10.0. The van der Waals surface area contributed by atoms with Crippen LogP contribution in [0.3, 0.4) is 0 Å². The van der Waals surface area contributed by atoms with Crippen LogP contribution in [0.4, 0.5) is 5.69 Å². The number of non-ortho nitro benzene ring substituents is 1. The highest BCUT2D eigenvalue weighted by atomic mass is 16.6. The number of likely N-dealkylation sites (tertiary alicyclic amines) is 1. The molecule has 2 aromatic rings. The molecule has 2 aliphatic rings. The number of carbonyl (C=O) groups is 2. The number of nitro groups is 1. The molecule has 2 aliphatic heterocycles. The van der Waals surface area contributed by atoms with E-state index < -0.39 is 22.7 Å². The Balaban J connectivity index is 1.81. The summed E-state index contributed by atoms with van der Waals surface area (Å²) in [5, 5.41) is 22.3. The van der Waals surface area contributed by atoms with Gasteiger partial charge in [-0.05, 0) is 62.5 Å². The van der Waals surface area contributed by atoms with Gasteiger partial charge in [-0.15, -0.1) is 0 Å². The molecule has 0 spiro atoms. The van der Waals surface area contributed by atoms with Crippen LogP contribution < -0.4 is 4.74 Å². The number of fused-ring (bicyclic) bond motifs is 1. The summed E-state index contributed by atoms with van der Waals surface area (Å²) >= 11 is 0. The fourth-order valence-electron chi connectivity index (χ4n) is 4.27. The van der Waals surface area contributed by atoms with E-state index in [1.165, 1.54) is 29.2 Å². The third-order valence-electron chi connectivity index (χ3n) is 5.92. The largest absolute Gasteiger partial charge is 0.507 e. The second-order valence-electron chi connectivity index (χ2n) is 8.60. The Labute approximate surface area is 191 Å². The molecule has 1 saturated heterocycles. The number of ketones is 1. The molecule has 33 heavy (non-hydrogen) atoms. The van der Waals surface area contributed by atoms with E-state index >= 15 is 0 Å². The van der Waals surface area contributed by atoms with Gasteiger partial charge in [0, 0.05) is 37.2 Å². The molecule has 4 rings (SSSR count). The monoisotopic (exact) mass is 451 g/mol. The van der Waals surface area contributed by atoms with Gasteiger partial charge in [0.25, 0.3) is 17.4 Å². The number of ether oxygens (including phenoxy) is 1. The van der Waals surface area contributed by atoms with Crippen molar-refractivity contribution < 1.29 is 24.4 Å². The van der Waals surface area contributed by atoms with Crippen LogP contribution in [0.2, 0.25) is 0 Å². The van der Waals surface area contributed by atoms with Crippen molar-refractivity contribution in [2.24, 2.45) is 0 Å². The van der Waals surface area contributed by atoms with Gasteiger partial charge < -0.3 is 19.6 Å². The number of hydrogen-bond acceptors (Lipinski definition) is 7. The predicted molar refractivity (Wildman–Crippen MR) is 121 cm³/mol. The molecular formula is C24H25N3O6. The van der Waals surface area contributed by atoms with Crippen molar-refractivity contribution in [2.45, 2.75) is 25.5 Å². The lowest BCUT2D eigenvalue weighted by Gasteiger charge is -2.26. The van der Waals surface area contributed by atoms with Gasteiger partial charge in [-0.1, -0.05) is 0 Å². The van der Waals surface area contributed by atoms with Gasteiger partial charge in [0.2, 0.25) is 0 Å². The highest BCUT2D eigenvalue weighted by Gasteiger charge is 2.46. The molecule has 0 aliphatic carbocycles. The molecule has 1 fully saturated rings. The van der Waals surface area contributed by atoms with Crippen molar-refractivity contribution in [3.05, 3.63) is 74.8 Å². The Morgan fingerprint density at radius 2 is 1.91 bits per heavy atom. The van der Waals surface area contributed by atoms with Crippen LogP contribution in [0, 0.1) is 10.1 Å². The maximum atomic E-state index is 13.1. The SMILES string of the molecule is CC1Cc2cc(C(O)=C3C(=O)C(=O)N(CCN(C)C)C3c3ccc([N+](=O)[O-])cc3)ccc2O1. The number of aliphatic hydroxyl groups is 1. The lowest BCUT2D eigenvalue weighted by Crippen LogP contribution is -2.35. The maximum Gasteiger partial charge on any atom is 0.295 e. The van der Waals surface area contributed by atoms with Crippen LogP contribution >= 0.6 is 0 Å². The number of hydrogen-bond donors (Lipinski definition) is 1. The van der Waals surface area contributed by atoms with Crippen molar-refractivity contribution in [3.63, 3.8) is 0 Å². The van der Waals surface area contributed by atoms with E-state index in [0.717, 1.165) is 11.3 Å². The summed E-state index contributed by atoms with van der Waals surface area (Å²) in [6.07, 6.45) is 0.702. The molecule has 0 radical (unpaired) electrons. The lowest BCUT2D eigenvalue weighted by molar-refractivity contribution is -0.384. The number of nitro benzene ring substituents is 1. The number of aliphatic hydroxyl groups excluding tert-OH is 1. The Morgan fingerprint density at radius 3 is 2.55 bits per heavy atom. The van der Waals surface area contributed by atoms with Crippen molar-refractivity contribution in [3.8, 4) is 5.75 Å². The number of nitrogens with zero attached hydrogens (tertiary/aromatic N) is 3. The van der Waals surface area contributed by atoms with Crippen LogP contribution in [-0.4, -0.2) is 64.8 Å². The number of Topliss-reactive ketones (excluding diaryl/α,β-unsaturated/α-hetero) is 1. The first kappa shape index (κ1) is 22.5. The van der Waals surface area contributed by atoms with Crippen LogP contribution in [0.1, 0.15) is 29.7 Å². The molecule has 2 atom stereocenters. The summed E-state index contributed by atoms with van der Waals surface area (Å²) in [5.41, 5.74) is 1.72. The minimum Gasteiger partial charge on any atom is -0.507 e. The highest BCUT2D eigenvalue weighted by molar-refractivity contribution is 6.46. The zero-order valence-electron chi connectivity index (χ0n) is 18.6. The fourth-order valence-corrected chi connectivity index (χ4v) is 4.27. The molecule has 1 amide bonds. The van der Waals surface area contributed by atoms with Gasteiger partial charge in [0.15, 0.2) is 0 Å². The number of carbonyl (C=O) groups excluding carboxylic acids is 2. The van der Waals surface area contributed by atoms with Gasteiger partial charge in [0.1, 0.15) is 17.6 Å². The van der Waals surface area contributed by atoms with Gasteiger partial charge in [-0.25, -0.2) is 0 Å². The molecule has 9 nitrogen and oxygen atoms in total. The van der Waals surface area contributed by atoms with Crippen LogP contribution in [-0.2, 0) is 16.0 Å². The Hall–Kier alpha value is -3.72. The van der Waals surface area contributed by atoms with Crippen molar-refractivity contribution in [2.75, 3.05) is 27.2 Å². The third kappa shape index (κ3) is 4.19. The zero-order valence-corrected chi connectivity index (χ0v) is 18.6. The zero-order chi connectivity index (χ0) is 23.9. The summed E-state index contributed by atoms with van der Waals surface area (Å²) in [4.78, 5) is 39.9. The van der Waals surface area contributed by atoms with Crippen LogP contribution in [0.15, 0.2) is 48.0 Å². The number of likely N-dealkylation sites (N-methyl/N-ethyl adjacent to an activating group) is 1.